The van der Waals surface area contributed by atoms with Gasteiger partial charge in [0.15, 0.2) is 21.8 Å². The van der Waals surface area contributed by atoms with E-state index in [0.717, 1.165) is 11.3 Å². The highest BCUT2D eigenvalue weighted by Crippen LogP contribution is 2.44. The number of esters is 1. The van der Waals surface area contributed by atoms with Crippen molar-refractivity contribution in [2.75, 3.05) is 27.2 Å². The second-order valence-electron chi connectivity index (χ2n) is 17.2. The van der Waals surface area contributed by atoms with Crippen molar-refractivity contribution in [3.8, 4) is 23.6 Å². The largest absolute Gasteiger partial charge is 0.447 e. The molecule has 5 rings (SSSR count). The maximum atomic E-state index is 14.7. The molecule has 0 radical (unpaired) electrons. The molecule has 3 aliphatic rings. The topological polar surface area (TPSA) is 172 Å². The van der Waals surface area contributed by atoms with Gasteiger partial charge in [-0.25, -0.2) is 9.78 Å². The van der Waals surface area contributed by atoms with E-state index in [1.165, 1.54) is 14.0 Å². The van der Waals surface area contributed by atoms with Crippen molar-refractivity contribution in [3.05, 3.63) is 37.1 Å². The van der Waals surface area contributed by atoms with Crippen molar-refractivity contribution in [1.82, 2.24) is 24.3 Å². The number of cyclic esters (lactones) is 1. The number of hydrogen-bond donors (Lipinski definition) is 1. The first-order valence-electron chi connectivity index (χ1n) is 20.9. The van der Waals surface area contributed by atoms with Crippen LogP contribution in [-0.2, 0) is 44.6 Å². The number of pyridine rings is 1. The van der Waals surface area contributed by atoms with E-state index < -0.39 is 81.4 Å². The van der Waals surface area contributed by atoms with Crippen LogP contribution in [0.2, 0.25) is 0 Å². The fourth-order valence-electron chi connectivity index (χ4n) is 9.16. The minimum atomic E-state index is -1.44. The van der Waals surface area contributed by atoms with Crippen molar-refractivity contribution < 1.29 is 48.0 Å². The van der Waals surface area contributed by atoms with Crippen molar-refractivity contribution in [3.63, 3.8) is 0 Å². The Morgan fingerprint density at radius 2 is 1.80 bits per heavy atom. The van der Waals surface area contributed by atoms with Crippen LogP contribution in [0, 0.1) is 36.0 Å². The predicted octanol–water partition coefficient (Wildman–Crippen LogP) is 5.31. The van der Waals surface area contributed by atoms with E-state index in [2.05, 4.69) is 15.9 Å². The Hall–Kier alpha value is -3.47. The summed E-state index contributed by atoms with van der Waals surface area (Å²) in [5.74, 6) is -2.50. The number of aliphatic hydroxyl groups excluding tert-OH is 1. The Balaban J connectivity index is 1.41. The number of rotatable bonds is 12. The number of aliphatic hydroxyl groups is 1. The standard InChI is InChI=1S/C44H62IN5O10/c1-11-12-18-48(9)33-21-27(3)57-40(36(33)53)58-38-29(5)35(52)30(6)39(54)59-41(45)44(8)37(28(4)34(51)26(2)22-43(38,7)56-10)50(42(55)60-44)20-14-13-19-49-24-32(47-25-49)31-16-15-17-46-23-31/h1,15-17,23-30,33,36-38,40-41,53H,12-14,18-22H2,2-10H3/t26-,27-,28+,29+,30-,33+,36-,37?,38-,40+,41+,43-,44+/m1/s1. The van der Waals surface area contributed by atoms with Crippen molar-refractivity contribution in [2.24, 2.45) is 23.7 Å². The van der Waals surface area contributed by atoms with Gasteiger partial charge in [0.1, 0.15) is 17.8 Å². The number of likely N-dealkylation sites (N-methyl/N-ethyl adjacent to an activating group) is 1. The summed E-state index contributed by atoms with van der Waals surface area (Å²) in [5, 5.41) is 11.7. The molecule has 3 fully saturated rings. The second kappa shape index (κ2) is 20.1. The number of aromatic nitrogens is 3. The maximum absolute atomic E-state index is 14.7. The number of aryl methyl sites for hydroxylation is 1. The maximum Gasteiger partial charge on any atom is 0.410 e. The van der Waals surface area contributed by atoms with Gasteiger partial charge in [-0.3, -0.25) is 24.3 Å². The van der Waals surface area contributed by atoms with Gasteiger partial charge in [-0.1, -0.05) is 20.8 Å². The number of alkyl halides is 1. The second-order valence-corrected chi connectivity index (χ2v) is 18.3. The van der Waals surface area contributed by atoms with E-state index in [1.807, 2.05) is 64.4 Å². The van der Waals surface area contributed by atoms with Crippen molar-refractivity contribution >= 4 is 46.2 Å². The van der Waals surface area contributed by atoms with Gasteiger partial charge >= 0.3 is 12.1 Å². The summed E-state index contributed by atoms with van der Waals surface area (Å²) < 4.78 is 32.0. The number of ether oxygens (including phenoxy) is 5. The summed E-state index contributed by atoms with van der Waals surface area (Å²) in [4.78, 5) is 68.9. The number of terminal acetylenes is 1. The molecule has 2 aromatic rings. The quantitative estimate of drug-likeness (QED) is 0.0727. The summed E-state index contributed by atoms with van der Waals surface area (Å²) in [7, 11) is 3.37. The molecule has 15 nitrogen and oxygen atoms in total. The summed E-state index contributed by atoms with van der Waals surface area (Å²) in [6.07, 6.45) is 10.8. The molecule has 3 saturated heterocycles. The number of carbonyl (C=O) groups excluding carboxylic acids is 4. The van der Waals surface area contributed by atoms with E-state index in [-0.39, 0.29) is 30.9 Å². The first kappa shape index (κ1) is 47.6. The Labute approximate surface area is 367 Å². The molecule has 1 amide bonds. The number of Topliss-reactive ketones (excluding diaryl/α,β-unsaturated/α-hetero) is 2. The fourth-order valence-corrected chi connectivity index (χ4v) is 9.91. The molecule has 2 aromatic heterocycles. The highest BCUT2D eigenvalue weighted by Gasteiger charge is 2.60. The Bertz CT molecular complexity index is 1860. The number of halogens is 1. The molecule has 0 bridgehead atoms. The Morgan fingerprint density at radius 3 is 2.47 bits per heavy atom. The molecule has 330 valence electrons. The third kappa shape index (κ3) is 10.2. The summed E-state index contributed by atoms with van der Waals surface area (Å²) in [6.45, 7) is 13.5. The molecule has 60 heavy (non-hydrogen) atoms. The van der Waals surface area contributed by atoms with Crippen LogP contribution in [-0.4, -0.2) is 132 Å². The van der Waals surface area contributed by atoms with Crippen molar-refractivity contribution in [2.45, 2.75) is 139 Å². The number of methoxy groups -OCH3 is 1. The Kier molecular flexibility index (Phi) is 16.0. The SMILES string of the molecule is C#CCCN(C)[C@H]1C[C@@H](C)O[C@@H](O[C@@H]2[C@@H](C)C(=O)[C@@H](C)C(=O)O[C@H](I)[C@@]3(C)OC(=O)N(CCCCn4cnc(-c5cccnc5)c4)C3[C@@H](C)C(=O)[C@H](C)C[C@@]2(C)OC)[C@@H]1O. The van der Waals surface area contributed by atoms with Gasteiger partial charge in [0.05, 0.1) is 35.9 Å². The average molecular weight is 948 g/mol. The number of hydrogen-bond acceptors (Lipinski definition) is 13. The molecule has 5 heterocycles. The monoisotopic (exact) mass is 947 g/mol. The summed E-state index contributed by atoms with van der Waals surface area (Å²) >= 11 is 1.93. The van der Waals surface area contributed by atoms with E-state index in [0.29, 0.717) is 38.8 Å². The molecule has 1 N–H and O–H groups in total. The van der Waals surface area contributed by atoms with Crippen LogP contribution in [0.5, 0.6) is 0 Å². The minimum absolute atomic E-state index is 0.107. The lowest BCUT2D eigenvalue weighted by Crippen LogP contribution is -2.60. The van der Waals surface area contributed by atoms with Crippen LogP contribution >= 0.6 is 22.6 Å². The highest BCUT2D eigenvalue weighted by molar-refractivity contribution is 14.1. The number of imidazole rings is 1. The van der Waals surface area contributed by atoms with Gasteiger partial charge in [-0.2, -0.15) is 0 Å². The molecule has 0 aromatic carbocycles. The zero-order valence-electron chi connectivity index (χ0n) is 36.3. The number of amides is 1. The molecular formula is C44H62IN5O10. The third-order valence-electron chi connectivity index (χ3n) is 12.7. The molecule has 0 spiro atoms. The normalized spacial score (nSPS) is 35.7. The zero-order valence-corrected chi connectivity index (χ0v) is 38.4. The minimum Gasteiger partial charge on any atom is -0.447 e. The highest BCUT2D eigenvalue weighted by atomic mass is 127. The van der Waals surface area contributed by atoms with Crippen molar-refractivity contribution in [1.29, 1.82) is 0 Å². The van der Waals surface area contributed by atoms with Gasteiger partial charge in [0.25, 0.3) is 0 Å². The molecular weight excluding hydrogens is 885 g/mol. The molecule has 3 aliphatic heterocycles. The zero-order chi connectivity index (χ0) is 44.1. The van der Waals surface area contributed by atoms with E-state index in [1.54, 1.807) is 58.2 Å². The molecule has 13 atom stereocenters. The predicted molar refractivity (Wildman–Crippen MR) is 230 cm³/mol. The number of fused-ring (bicyclic) bond motifs is 1. The van der Waals surface area contributed by atoms with Gasteiger partial charge < -0.3 is 38.3 Å². The van der Waals surface area contributed by atoms with Crippen LogP contribution < -0.4 is 0 Å². The molecule has 0 aliphatic carbocycles. The number of nitrogens with zero attached hydrogens (tertiary/aromatic N) is 5. The lowest BCUT2D eigenvalue weighted by atomic mass is 9.74. The van der Waals surface area contributed by atoms with Gasteiger partial charge in [-0.15, -0.1) is 12.3 Å². The average Bonchev–Trinajstić information content (AvgIpc) is 3.81. The number of carbonyl (C=O) groups is 4. The van der Waals surface area contributed by atoms with Crippen LogP contribution in [0.1, 0.15) is 80.6 Å². The Morgan fingerprint density at radius 1 is 1.08 bits per heavy atom. The lowest BCUT2D eigenvalue weighted by molar-refractivity contribution is -0.296. The summed E-state index contributed by atoms with van der Waals surface area (Å²) in [5.41, 5.74) is -1.02. The van der Waals surface area contributed by atoms with Gasteiger partial charge in [-0.05, 0) is 95.1 Å². The molecule has 16 heteroatoms. The smallest absolute Gasteiger partial charge is 0.410 e. The van der Waals surface area contributed by atoms with Crippen LogP contribution in [0.4, 0.5) is 4.79 Å². The van der Waals surface area contributed by atoms with E-state index in [9.17, 15) is 24.3 Å². The number of unbranched alkanes of at least 4 members (excludes halogenated alkanes) is 1. The fraction of sp³-hybridized carbons (Fsp3) is 0.682. The van der Waals surface area contributed by atoms with Crippen LogP contribution in [0.3, 0.4) is 0 Å². The van der Waals surface area contributed by atoms with Crippen LogP contribution in [0.15, 0.2) is 37.1 Å². The van der Waals surface area contributed by atoms with Gasteiger partial charge in [0.2, 0.25) is 0 Å². The third-order valence-corrected chi connectivity index (χ3v) is 14.2. The molecule has 1 unspecified atom stereocenters. The van der Waals surface area contributed by atoms with E-state index >= 15 is 0 Å². The first-order chi connectivity index (χ1) is 28.4. The molecule has 0 saturated carbocycles. The summed E-state index contributed by atoms with van der Waals surface area (Å²) in [6, 6.07) is 2.63. The first-order valence-corrected chi connectivity index (χ1v) is 22.1. The van der Waals surface area contributed by atoms with E-state index in [4.69, 9.17) is 30.1 Å². The van der Waals surface area contributed by atoms with Crippen LogP contribution in [0.25, 0.3) is 11.3 Å². The lowest BCUT2D eigenvalue weighted by Gasteiger charge is -2.47. The van der Waals surface area contributed by atoms with Gasteiger partial charge in [0, 0.05) is 81.1 Å². The number of ketones is 2.